The fourth-order valence-electron chi connectivity index (χ4n) is 1.88. The molecule has 74 valence electrons. The topological polar surface area (TPSA) is 37.4 Å². The Kier molecular flexibility index (Phi) is 3.46. The molecule has 1 atom stereocenters. The molecule has 0 radical (unpaired) electrons. The van der Waals surface area contributed by atoms with Crippen LogP contribution in [0.25, 0.3) is 0 Å². The summed E-state index contributed by atoms with van der Waals surface area (Å²) in [5.74, 6) is 0.237. The van der Waals surface area contributed by atoms with Crippen LogP contribution in [0.2, 0.25) is 0 Å². The van der Waals surface area contributed by atoms with Crippen molar-refractivity contribution < 1.29 is 9.59 Å². The molecule has 1 unspecified atom stereocenters. The molecule has 0 bridgehead atoms. The largest absolute Gasteiger partial charge is 0.333 e. The Morgan fingerprint density at radius 3 is 2.62 bits per heavy atom. The zero-order chi connectivity index (χ0) is 9.84. The maximum atomic E-state index is 11.5. The van der Waals surface area contributed by atoms with Gasteiger partial charge in [-0.15, -0.1) is 0 Å². The van der Waals surface area contributed by atoms with Gasteiger partial charge in [-0.1, -0.05) is 6.92 Å². The molecule has 1 rings (SSSR count). The van der Waals surface area contributed by atoms with Crippen LogP contribution in [0.4, 0.5) is 0 Å². The summed E-state index contributed by atoms with van der Waals surface area (Å²) >= 11 is 0. The van der Waals surface area contributed by atoms with E-state index in [1.165, 1.54) is 0 Å². The van der Waals surface area contributed by atoms with Gasteiger partial charge in [0.2, 0.25) is 5.91 Å². The Labute approximate surface area is 79.1 Å². The predicted molar refractivity (Wildman–Crippen MR) is 50.3 cm³/mol. The number of ketones is 1. The van der Waals surface area contributed by atoms with Gasteiger partial charge in [0.1, 0.15) is 0 Å². The molecule has 1 heterocycles. The van der Waals surface area contributed by atoms with Crippen LogP contribution in [-0.2, 0) is 9.59 Å². The van der Waals surface area contributed by atoms with E-state index in [1.807, 2.05) is 6.92 Å². The Bertz CT molecular complexity index is 213. The standard InChI is InChI=1S/C10H17NO2/c1-3-10(13)9-6-4-5-7-11(9)8(2)12/h9H,3-7H2,1-2H3. The fraction of sp³-hybridized carbons (Fsp3) is 0.800. The number of piperidine rings is 1. The van der Waals surface area contributed by atoms with Gasteiger partial charge in [-0.25, -0.2) is 0 Å². The van der Waals surface area contributed by atoms with Crippen molar-refractivity contribution in [2.24, 2.45) is 0 Å². The van der Waals surface area contributed by atoms with Crippen molar-refractivity contribution in [2.45, 2.75) is 45.6 Å². The van der Waals surface area contributed by atoms with Gasteiger partial charge in [0.15, 0.2) is 5.78 Å². The normalized spacial score (nSPS) is 22.9. The Balaban J connectivity index is 2.67. The Morgan fingerprint density at radius 1 is 1.38 bits per heavy atom. The van der Waals surface area contributed by atoms with E-state index in [0.29, 0.717) is 6.42 Å². The third kappa shape index (κ3) is 2.29. The summed E-state index contributed by atoms with van der Waals surface area (Å²) in [5.41, 5.74) is 0. The van der Waals surface area contributed by atoms with Crippen molar-refractivity contribution in [3.05, 3.63) is 0 Å². The van der Waals surface area contributed by atoms with Gasteiger partial charge in [-0.3, -0.25) is 9.59 Å². The molecule has 0 aliphatic carbocycles. The number of Topliss-reactive ketones (excluding diaryl/α,β-unsaturated/α-hetero) is 1. The molecule has 1 saturated heterocycles. The minimum absolute atomic E-state index is 0.0338. The summed E-state index contributed by atoms with van der Waals surface area (Å²) in [6, 6.07) is -0.128. The average Bonchev–Trinajstić information content (AvgIpc) is 2.16. The second kappa shape index (κ2) is 4.40. The highest BCUT2D eigenvalue weighted by atomic mass is 16.2. The number of carbonyl (C=O) groups excluding carboxylic acids is 2. The van der Waals surface area contributed by atoms with Gasteiger partial charge in [0.25, 0.3) is 0 Å². The second-order valence-electron chi connectivity index (χ2n) is 3.54. The molecule has 3 heteroatoms. The van der Waals surface area contributed by atoms with Gasteiger partial charge in [0, 0.05) is 19.9 Å². The minimum Gasteiger partial charge on any atom is -0.333 e. The van der Waals surface area contributed by atoms with Gasteiger partial charge < -0.3 is 4.90 Å². The number of rotatable bonds is 2. The molecule has 13 heavy (non-hydrogen) atoms. The van der Waals surface area contributed by atoms with E-state index >= 15 is 0 Å². The molecular weight excluding hydrogens is 166 g/mol. The first-order valence-corrected chi connectivity index (χ1v) is 4.96. The van der Waals surface area contributed by atoms with Crippen LogP contribution in [0.3, 0.4) is 0 Å². The molecule has 0 aromatic carbocycles. The van der Waals surface area contributed by atoms with Crippen molar-refractivity contribution in [3.8, 4) is 0 Å². The number of carbonyl (C=O) groups is 2. The number of likely N-dealkylation sites (tertiary alicyclic amines) is 1. The van der Waals surface area contributed by atoms with Gasteiger partial charge >= 0.3 is 0 Å². The molecule has 3 nitrogen and oxygen atoms in total. The summed E-state index contributed by atoms with van der Waals surface area (Å²) < 4.78 is 0. The first-order chi connectivity index (χ1) is 6.16. The van der Waals surface area contributed by atoms with E-state index in [9.17, 15) is 9.59 Å². The van der Waals surface area contributed by atoms with E-state index in [2.05, 4.69) is 0 Å². The van der Waals surface area contributed by atoms with Crippen molar-refractivity contribution in [3.63, 3.8) is 0 Å². The van der Waals surface area contributed by atoms with E-state index in [-0.39, 0.29) is 17.7 Å². The van der Waals surface area contributed by atoms with Crippen molar-refractivity contribution in [1.29, 1.82) is 0 Å². The quantitative estimate of drug-likeness (QED) is 0.648. The molecule has 0 aromatic rings. The van der Waals surface area contributed by atoms with Crippen LogP contribution in [0.1, 0.15) is 39.5 Å². The molecule has 0 spiro atoms. The maximum Gasteiger partial charge on any atom is 0.220 e. The number of hydrogen-bond acceptors (Lipinski definition) is 2. The fourth-order valence-corrected chi connectivity index (χ4v) is 1.88. The summed E-state index contributed by atoms with van der Waals surface area (Å²) in [6.45, 7) is 4.16. The lowest BCUT2D eigenvalue weighted by Crippen LogP contribution is -2.46. The first kappa shape index (κ1) is 10.2. The molecular formula is C10H17NO2. The van der Waals surface area contributed by atoms with Gasteiger partial charge in [0.05, 0.1) is 6.04 Å². The molecule has 0 aromatic heterocycles. The number of hydrogen-bond donors (Lipinski definition) is 0. The number of nitrogens with zero attached hydrogens (tertiary/aromatic N) is 1. The molecule has 1 amide bonds. The third-order valence-electron chi connectivity index (χ3n) is 2.63. The minimum atomic E-state index is -0.128. The van der Waals surface area contributed by atoms with Crippen LogP contribution in [0, 0.1) is 0 Å². The SMILES string of the molecule is CCC(=O)C1CCCCN1C(C)=O. The molecule has 1 fully saturated rings. The Morgan fingerprint density at radius 2 is 2.08 bits per heavy atom. The zero-order valence-electron chi connectivity index (χ0n) is 8.38. The highest BCUT2D eigenvalue weighted by molar-refractivity contribution is 5.88. The lowest BCUT2D eigenvalue weighted by molar-refractivity contribution is -0.139. The van der Waals surface area contributed by atoms with Crippen molar-refractivity contribution >= 4 is 11.7 Å². The van der Waals surface area contributed by atoms with E-state index in [0.717, 1.165) is 25.8 Å². The van der Waals surface area contributed by atoms with Crippen LogP contribution in [0.15, 0.2) is 0 Å². The Hall–Kier alpha value is -0.860. The van der Waals surface area contributed by atoms with Crippen molar-refractivity contribution in [1.82, 2.24) is 4.90 Å². The highest BCUT2D eigenvalue weighted by Gasteiger charge is 2.28. The summed E-state index contributed by atoms with van der Waals surface area (Å²) in [6.07, 6.45) is 3.49. The van der Waals surface area contributed by atoms with E-state index in [4.69, 9.17) is 0 Å². The zero-order valence-corrected chi connectivity index (χ0v) is 8.38. The van der Waals surface area contributed by atoms with E-state index < -0.39 is 0 Å². The van der Waals surface area contributed by atoms with Gasteiger partial charge in [-0.05, 0) is 19.3 Å². The van der Waals surface area contributed by atoms with Gasteiger partial charge in [-0.2, -0.15) is 0 Å². The maximum absolute atomic E-state index is 11.5. The summed E-state index contributed by atoms with van der Waals surface area (Å²) in [5, 5.41) is 0. The third-order valence-corrected chi connectivity index (χ3v) is 2.63. The second-order valence-corrected chi connectivity index (χ2v) is 3.54. The van der Waals surface area contributed by atoms with E-state index in [1.54, 1.807) is 11.8 Å². The lowest BCUT2D eigenvalue weighted by atomic mass is 9.97. The van der Waals surface area contributed by atoms with Crippen LogP contribution in [0.5, 0.6) is 0 Å². The van der Waals surface area contributed by atoms with Crippen LogP contribution in [-0.4, -0.2) is 29.2 Å². The molecule has 0 N–H and O–H groups in total. The molecule has 1 aliphatic heterocycles. The predicted octanol–water partition coefficient (Wildman–Crippen LogP) is 1.37. The van der Waals surface area contributed by atoms with Crippen molar-refractivity contribution in [2.75, 3.05) is 6.54 Å². The summed E-state index contributed by atoms with van der Waals surface area (Å²) in [7, 11) is 0. The number of amides is 1. The molecule has 0 saturated carbocycles. The van der Waals surface area contributed by atoms with Crippen LogP contribution >= 0.6 is 0 Å². The highest BCUT2D eigenvalue weighted by Crippen LogP contribution is 2.18. The monoisotopic (exact) mass is 183 g/mol. The lowest BCUT2D eigenvalue weighted by Gasteiger charge is -2.33. The summed E-state index contributed by atoms with van der Waals surface area (Å²) in [4.78, 5) is 24.4. The van der Waals surface area contributed by atoms with Crippen LogP contribution < -0.4 is 0 Å². The first-order valence-electron chi connectivity index (χ1n) is 4.96. The average molecular weight is 183 g/mol. The smallest absolute Gasteiger partial charge is 0.220 e. The molecule has 1 aliphatic rings.